The van der Waals surface area contributed by atoms with Gasteiger partial charge in [0.05, 0.1) is 5.69 Å². The molecule has 2 heterocycles. The van der Waals surface area contributed by atoms with Gasteiger partial charge in [0.2, 0.25) is 5.82 Å². The van der Waals surface area contributed by atoms with Crippen LogP contribution in [-0.2, 0) is 6.42 Å². The molecule has 2 N–H and O–H groups in total. The van der Waals surface area contributed by atoms with Crippen LogP contribution in [0.5, 0.6) is 5.75 Å². The van der Waals surface area contributed by atoms with Crippen LogP contribution >= 0.6 is 11.3 Å². The lowest BCUT2D eigenvalue weighted by Crippen LogP contribution is -2.01. The summed E-state index contributed by atoms with van der Waals surface area (Å²) < 4.78 is 33.8. The molecule has 0 saturated carbocycles. The number of ether oxygens (including phenoxy) is 1. The largest absolute Gasteiger partial charge is 0.435 e. The van der Waals surface area contributed by atoms with Gasteiger partial charge >= 0.3 is 6.61 Å². The second-order valence-corrected chi connectivity index (χ2v) is 5.54. The molecule has 3 aromatic rings. The van der Waals surface area contributed by atoms with Crippen LogP contribution < -0.4 is 10.5 Å². The fraction of sp³-hybridized carbons (Fsp3) is 0.214. The summed E-state index contributed by atoms with van der Waals surface area (Å²) in [4.78, 5) is 9.26. The number of alkyl halides is 2. The van der Waals surface area contributed by atoms with Crippen LogP contribution in [0, 0.1) is 0 Å². The fourth-order valence-electron chi connectivity index (χ4n) is 2.00. The maximum Gasteiger partial charge on any atom is 0.387 e. The molecular formula is C14H12F2N4O2S. The lowest BCUT2D eigenvalue weighted by atomic mass is 10.2. The minimum absolute atomic E-state index is 0.0657. The third-order valence-corrected chi connectivity index (χ3v) is 3.92. The van der Waals surface area contributed by atoms with E-state index >= 15 is 0 Å². The molecule has 1 aromatic carbocycles. The Morgan fingerprint density at radius 1 is 1.26 bits per heavy atom. The smallest absolute Gasteiger partial charge is 0.387 e. The van der Waals surface area contributed by atoms with Gasteiger partial charge in [-0.15, -0.1) is 0 Å². The summed E-state index contributed by atoms with van der Waals surface area (Å²) in [5, 5.41) is 4.34. The van der Waals surface area contributed by atoms with E-state index in [4.69, 9.17) is 10.3 Å². The minimum atomic E-state index is -2.86. The SMILES string of the molecule is CCc1nc(N)sc1-c1nc(-c2ccc(OC(F)F)cc2)no1. The number of aromatic nitrogens is 3. The van der Waals surface area contributed by atoms with Crippen LogP contribution in [0.1, 0.15) is 12.6 Å². The van der Waals surface area contributed by atoms with E-state index in [1.165, 1.54) is 23.5 Å². The average molecular weight is 338 g/mol. The third kappa shape index (κ3) is 3.29. The molecule has 120 valence electrons. The molecule has 0 saturated heterocycles. The van der Waals surface area contributed by atoms with Gasteiger partial charge in [-0.3, -0.25) is 0 Å². The molecule has 23 heavy (non-hydrogen) atoms. The lowest BCUT2D eigenvalue weighted by Gasteiger charge is -2.03. The van der Waals surface area contributed by atoms with Crippen LogP contribution in [0.25, 0.3) is 22.2 Å². The van der Waals surface area contributed by atoms with Crippen molar-refractivity contribution in [2.45, 2.75) is 20.0 Å². The Kier molecular flexibility index (Phi) is 4.20. The molecule has 2 aromatic heterocycles. The standard InChI is InChI=1S/C14H12F2N4O2S/c1-2-9-10(23-14(17)18-9)12-19-11(20-22-12)7-3-5-8(6-4-7)21-13(15)16/h3-6,13H,2H2,1H3,(H2,17,18). The van der Waals surface area contributed by atoms with Crippen LogP contribution in [0.4, 0.5) is 13.9 Å². The molecular weight excluding hydrogens is 326 g/mol. The zero-order valence-electron chi connectivity index (χ0n) is 12.0. The summed E-state index contributed by atoms with van der Waals surface area (Å²) in [6.45, 7) is -0.904. The van der Waals surface area contributed by atoms with E-state index in [0.29, 0.717) is 28.8 Å². The Morgan fingerprint density at radius 3 is 2.65 bits per heavy atom. The van der Waals surface area contributed by atoms with Gasteiger partial charge in [-0.05, 0) is 30.7 Å². The third-order valence-electron chi connectivity index (χ3n) is 3.01. The summed E-state index contributed by atoms with van der Waals surface area (Å²) in [6, 6.07) is 5.99. The van der Waals surface area contributed by atoms with Gasteiger partial charge in [0, 0.05) is 5.56 Å². The van der Waals surface area contributed by atoms with E-state index in [-0.39, 0.29) is 5.75 Å². The maximum atomic E-state index is 12.1. The molecule has 0 aliphatic heterocycles. The van der Waals surface area contributed by atoms with E-state index in [9.17, 15) is 8.78 Å². The number of halogens is 2. The molecule has 0 fully saturated rings. The van der Waals surface area contributed by atoms with Crippen LogP contribution in [0.15, 0.2) is 28.8 Å². The molecule has 0 aliphatic rings. The summed E-state index contributed by atoms with van der Waals surface area (Å²) in [5.41, 5.74) is 7.13. The van der Waals surface area contributed by atoms with Crippen molar-refractivity contribution in [2.24, 2.45) is 0 Å². The van der Waals surface area contributed by atoms with E-state index in [0.717, 1.165) is 10.6 Å². The topological polar surface area (TPSA) is 87.1 Å². The van der Waals surface area contributed by atoms with Crippen molar-refractivity contribution in [1.29, 1.82) is 0 Å². The molecule has 0 atom stereocenters. The van der Waals surface area contributed by atoms with E-state index in [1.54, 1.807) is 12.1 Å². The van der Waals surface area contributed by atoms with Gasteiger partial charge < -0.3 is 15.0 Å². The van der Waals surface area contributed by atoms with Crippen molar-refractivity contribution in [1.82, 2.24) is 15.1 Å². The fourth-order valence-corrected chi connectivity index (χ4v) is 2.84. The molecule has 0 unspecified atom stereocenters. The van der Waals surface area contributed by atoms with Crippen molar-refractivity contribution in [3.05, 3.63) is 30.0 Å². The van der Waals surface area contributed by atoms with Crippen LogP contribution in [0.3, 0.4) is 0 Å². The van der Waals surface area contributed by atoms with Crippen molar-refractivity contribution in [3.8, 4) is 27.9 Å². The quantitative estimate of drug-likeness (QED) is 0.765. The van der Waals surface area contributed by atoms with Gasteiger partial charge in [0.25, 0.3) is 5.89 Å². The van der Waals surface area contributed by atoms with Crippen molar-refractivity contribution >= 4 is 16.5 Å². The minimum Gasteiger partial charge on any atom is -0.435 e. The highest BCUT2D eigenvalue weighted by Crippen LogP contribution is 2.32. The van der Waals surface area contributed by atoms with Crippen molar-refractivity contribution in [2.75, 3.05) is 5.73 Å². The average Bonchev–Trinajstić information content (AvgIpc) is 3.13. The number of benzene rings is 1. The Balaban J connectivity index is 1.86. The highest BCUT2D eigenvalue weighted by atomic mass is 32.1. The number of nitrogen functional groups attached to an aromatic ring is 1. The highest BCUT2D eigenvalue weighted by Gasteiger charge is 2.17. The predicted molar refractivity (Wildman–Crippen MR) is 81.3 cm³/mol. The zero-order valence-corrected chi connectivity index (χ0v) is 12.8. The summed E-state index contributed by atoms with van der Waals surface area (Å²) >= 11 is 1.28. The van der Waals surface area contributed by atoms with E-state index in [1.807, 2.05) is 6.92 Å². The second-order valence-electron chi connectivity index (χ2n) is 4.51. The van der Waals surface area contributed by atoms with Crippen LogP contribution in [0.2, 0.25) is 0 Å². The maximum absolute atomic E-state index is 12.1. The highest BCUT2D eigenvalue weighted by molar-refractivity contribution is 7.18. The van der Waals surface area contributed by atoms with Crippen molar-refractivity contribution < 1.29 is 18.0 Å². The monoisotopic (exact) mass is 338 g/mol. The summed E-state index contributed by atoms with van der Waals surface area (Å²) in [7, 11) is 0. The number of hydrogen-bond donors (Lipinski definition) is 1. The zero-order chi connectivity index (χ0) is 16.4. The Labute approximate surface area is 133 Å². The number of rotatable bonds is 5. The predicted octanol–water partition coefficient (Wildman–Crippen LogP) is 3.61. The number of thiazole rings is 1. The molecule has 0 bridgehead atoms. The molecule has 0 spiro atoms. The van der Waals surface area contributed by atoms with Crippen LogP contribution in [-0.4, -0.2) is 21.7 Å². The molecule has 3 rings (SSSR count). The van der Waals surface area contributed by atoms with Gasteiger partial charge in [0.1, 0.15) is 10.6 Å². The molecule has 6 nitrogen and oxygen atoms in total. The number of anilines is 1. The van der Waals surface area contributed by atoms with Gasteiger partial charge in [0.15, 0.2) is 5.13 Å². The second kappa shape index (κ2) is 6.29. The molecule has 9 heteroatoms. The number of nitrogens with zero attached hydrogens (tertiary/aromatic N) is 3. The van der Waals surface area contributed by atoms with E-state index < -0.39 is 6.61 Å². The first kappa shape index (κ1) is 15.3. The molecule has 0 radical (unpaired) electrons. The number of aryl methyl sites for hydroxylation is 1. The first-order chi connectivity index (χ1) is 11.1. The number of nitrogens with two attached hydrogens (primary N) is 1. The van der Waals surface area contributed by atoms with Crippen molar-refractivity contribution in [3.63, 3.8) is 0 Å². The van der Waals surface area contributed by atoms with Gasteiger partial charge in [-0.25, -0.2) is 4.98 Å². The lowest BCUT2D eigenvalue weighted by molar-refractivity contribution is -0.0498. The summed E-state index contributed by atoms with van der Waals surface area (Å²) in [6.07, 6.45) is 0.695. The van der Waals surface area contributed by atoms with Gasteiger partial charge in [-0.1, -0.05) is 23.4 Å². The Hall–Kier alpha value is -2.55. The van der Waals surface area contributed by atoms with Gasteiger partial charge in [-0.2, -0.15) is 13.8 Å². The Morgan fingerprint density at radius 2 is 2.00 bits per heavy atom. The Bertz CT molecular complexity index is 801. The molecule has 0 amide bonds. The number of hydrogen-bond acceptors (Lipinski definition) is 7. The normalized spacial score (nSPS) is 11.1. The molecule has 0 aliphatic carbocycles. The first-order valence-corrected chi connectivity index (χ1v) is 7.53. The first-order valence-electron chi connectivity index (χ1n) is 6.71. The summed E-state index contributed by atoms with van der Waals surface area (Å²) in [5.74, 6) is 0.743. The van der Waals surface area contributed by atoms with E-state index in [2.05, 4.69) is 19.9 Å².